The molecule has 2 aliphatic rings. The number of halogens is 1. The second-order valence-corrected chi connectivity index (χ2v) is 5.09. The first-order valence-electron chi connectivity index (χ1n) is 6.04. The van der Waals surface area contributed by atoms with Gasteiger partial charge in [0.25, 0.3) is 0 Å². The maximum Gasteiger partial charge on any atom is 0.332 e. The van der Waals surface area contributed by atoms with Gasteiger partial charge in [-0.05, 0) is 19.1 Å². The average Bonchev–Trinajstić information content (AvgIpc) is 2.82. The monoisotopic (exact) mass is 284 g/mol. The van der Waals surface area contributed by atoms with E-state index in [2.05, 4.69) is 5.32 Å². The van der Waals surface area contributed by atoms with Crippen LogP contribution in [0.2, 0.25) is 0 Å². The molecule has 0 fully saturated rings. The zero-order valence-electron chi connectivity index (χ0n) is 10.9. The minimum Gasteiger partial charge on any atom is -0.464 e. The Kier molecular flexibility index (Phi) is 3.87. The number of esters is 1. The van der Waals surface area contributed by atoms with E-state index in [0.29, 0.717) is 24.6 Å². The lowest BCUT2D eigenvalue weighted by Crippen LogP contribution is -2.35. The number of rotatable bonds is 4. The van der Waals surface area contributed by atoms with Crippen molar-refractivity contribution in [1.82, 2.24) is 5.32 Å². The number of hydrogen-bond acceptors (Lipinski definition) is 5. The van der Waals surface area contributed by atoms with Crippen LogP contribution < -0.4 is 11.1 Å². The fourth-order valence-corrected chi connectivity index (χ4v) is 2.53. The molecule has 0 spiro atoms. The fourth-order valence-electron chi connectivity index (χ4n) is 2.20. The first kappa shape index (κ1) is 14.0. The molecule has 19 heavy (non-hydrogen) atoms. The predicted octanol–water partition coefficient (Wildman–Crippen LogP) is 0.812. The summed E-state index contributed by atoms with van der Waals surface area (Å²) in [7, 11) is 1.57. The van der Waals surface area contributed by atoms with Crippen LogP contribution in [0.1, 0.15) is 6.92 Å². The number of nitrogens with one attached hydrogen (secondary N) is 1. The summed E-state index contributed by atoms with van der Waals surface area (Å²) in [5.41, 5.74) is 7.89. The van der Waals surface area contributed by atoms with Crippen molar-refractivity contribution in [2.24, 2.45) is 5.73 Å². The number of methoxy groups -OCH3 is 1. The largest absolute Gasteiger partial charge is 0.464 e. The van der Waals surface area contributed by atoms with E-state index in [1.807, 2.05) is 0 Å². The van der Waals surface area contributed by atoms with Crippen molar-refractivity contribution in [3.05, 3.63) is 35.2 Å². The Morgan fingerprint density at radius 2 is 2.37 bits per heavy atom. The van der Waals surface area contributed by atoms with E-state index in [1.165, 1.54) is 0 Å². The standard InChI is InChI=1S/C13H17ClN2O3/c1-3-19-12(17)10-6-8-11(16-10)9(15)4-5-13(8,14)7-18-2/h4-6,10,16H,3,7,15H2,1-2H3. The van der Waals surface area contributed by atoms with E-state index >= 15 is 0 Å². The topological polar surface area (TPSA) is 73.6 Å². The van der Waals surface area contributed by atoms with Gasteiger partial charge in [0.2, 0.25) is 0 Å². The van der Waals surface area contributed by atoms with Gasteiger partial charge in [0.15, 0.2) is 0 Å². The van der Waals surface area contributed by atoms with Gasteiger partial charge >= 0.3 is 5.97 Å². The van der Waals surface area contributed by atoms with Crippen LogP contribution in [0.5, 0.6) is 0 Å². The molecule has 1 heterocycles. The SMILES string of the molecule is CCOC(=O)C1C=C2C(=C(N)C=CC2(Cl)COC)N1. The summed E-state index contributed by atoms with van der Waals surface area (Å²) >= 11 is 6.53. The van der Waals surface area contributed by atoms with Crippen LogP contribution in [0.25, 0.3) is 0 Å². The van der Waals surface area contributed by atoms with Crippen molar-refractivity contribution in [3.8, 4) is 0 Å². The minimum atomic E-state index is -0.804. The predicted molar refractivity (Wildman–Crippen MR) is 72.5 cm³/mol. The highest BCUT2D eigenvalue weighted by molar-refractivity contribution is 6.28. The lowest BCUT2D eigenvalue weighted by atomic mass is 9.91. The molecule has 104 valence electrons. The van der Waals surface area contributed by atoms with Gasteiger partial charge in [0.05, 0.1) is 24.6 Å². The molecule has 0 aromatic rings. The third-order valence-corrected chi connectivity index (χ3v) is 3.50. The first-order chi connectivity index (χ1) is 9.01. The van der Waals surface area contributed by atoms with Crippen molar-refractivity contribution >= 4 is 17.6 Å². The summed E-state index contributed by atoms with van der Waals surface area (Å²) in [6.07, 6.45) is 5.24. The number of fused-ring (bicyclic) bond motifs is 1. The van der Waals surface area contributed by atoms with Gasteiger partial charge in [-0.25, -0.2) is 4.79 Å². The van der Waals surface area contributed by atoms with Crippen molar-refractivity contribution in [3.63, 3.8) is 0 Å². The Hall–Kier alpha value is -1.46. The second kappa shape index (κ2) is 5.27. The van der Waals surface area contributed by atoms with Crippen LogP contribution in [0.15, 0.2) is 35.2 Å². The van der Waals surface area contributed by atoms with Crippen LogP contribution in [0.3, 0.4) is 0 Å². The molecule has 5 nitrogen and oxygen atoms in total. The minimum absolute atomic E-state index is 0.297. The van der Waals surface area contributed by atoms with E-state index in [0.717, 1.165) is 5.57 Å². The molecule has 6 heteroatoms. The van der Waals surface area contributed by atoms with Gasteiger partial charge in [0, 0.05) is 12.7 Å². The third-order valence-electron chi connectivity index (χ3n) is 3.06. The van der Waals surface area contributed by atoms with E-state index < -0.39 is 10.9 Å². The molecule has 2 atom stereocenters. The molecule has 1 aliphatic heterocycles. The quantitative estimate of drug-likeness (QED) is 0.590. The zero-order chi connectivity index (χ0) is 14.0. The molecule has 0 radical (unpaired) electrons. The number of nitrogens with two attached hydrogens (primary N) is 1. The van der Waals surface area contributed by atoms with Crippen LogP contribution in [-0.4, -0.2) is 37.2 Å². The summed E-state index contributed by atoms with van der Waals surface area (Å²) < 4.78 is 10.1. The normalized spacial score (nSPS) is 28.8. The molecule has 0 aromatic heterocycles. The van der Waals surface area contributed by atoms with Crippen LogP contribution in [0, 0.1) is 0 Å². The zero-order valence-corrected chi connectivity index (χ0v) is 11.7. The van der Waals surface area contributed by atoms with Gasteiger partial charge in [-0.3, -0.25) is 0 Å². The van der Waals surface area contributed by atoms with Gasteiger partial charge in [-0.15, -0.1) is 11.6 Å². The molecular formula is C13H17ClN2O3. The molecule has 2 unspecified atom stereocenters. The Labute approximate surface area is 117 Å². The Morgan fingerprint density at radius 1 is 1.63 bits per heavy atom. The highest BCUT2D eigenvalue weighted by Crippen LogP contribution is 2.39. The number of carbonyl (C=O) groups excluding carboxylic acids is 1. The average molecular weight is 285 g/mol. The third kappa shape index (κ3) is 2.48. The molecule has 0 amide bonds. The molecule has 0 aromatic carbocycles. The maximum atomic E-state index is 11.8. The van der Waals surface area contributed by atoms with Crippen LogP contribution >= 0.6 is 11.6 Å². The summed E-state index contributed by atoms with van der Waals surface area (Å²) in [6.45, 7) is 2.39. The van der Waals surface area contributed by atoms with E-state index in [9.17, 15) is 4.79 Å². The summed E-state index contributed by atoms with van der Waals surface area (Å²) in [6, 6.07) is -0.557. The summed E-state index contributed by atoms with van der Waals surface area (Å²) in [5.74, 6) is -0.346. The fraction of sp³-hybridized carbons (Fsp3) is 0.462. The maximum absolute atomic E-state index is 11.8. The summed E-state index contributed by atoms with van der Waals surface area (Å²) in [4.78, 5) is 11.0. The lowest BCUT2D eigenvalue weighted by Gasteiger charge is -2.28. The van der Waals surface area contributed by atoms with Crippen LogP contribution in [0.4, 0.5) is 0 Å². The number of allylic oxidation sites excluding steroid dienone is 2. The Morgan fingerprint density at radius 3 is 3.00 bits per heavy atom. The molecular weight excluding hydrogens is 268 g/mol. The molecule has 0 bridgehead atoms. The smallest absolute Gasteiger partial charge is 0.332 e. The Bertz CT molecular complexity index is 484. The van der Waals surface area contributed by atoms with Gasteiger partial charge < -0.3 is 20.5 Å². The Balaban J connectivity index is 2.31. The van der Waals surface area contributed by atoms with Gasteiger partial charge in [-0.1, -0.05) is 6.08 Å². The van der Waals surface area contributed by atoms with Gasteiger partial charge in [-0.2, -0.15) is 0 Å². The van der Waals surface area contributed by atoms with Crippen molar-refractivity contribution in [1.29, 1.82) is 0 Å². The molecule has 3 N–H and O–H groups in total. The lowest BCUT2D eigenvalue weighted by molar-refractivity contribution is -0.143. The van der Waals surface area contributed by atoms with E-state index in [4.69, 9.17) is 26.8 Å². The number of hydrogen-bond donors (Lipinski definition) is 2. The van der Waals surface area contributed by atoms with Crippen LogP contribution in [-0.2, 0) is 14.3 Å². The number of ether oxygens (including phenoxy) is 2. The number of carbonyl (C=O) groups is 1. The van der Waals surface area contributed by atoms with E-state index in [1.54, 1.807) is 32.3 Å². The molecule has 0 saturated carbocycles. The molecule has 1 aliphatic carbocycles. The van der Waals surface area contributed by atoms with Crippen molar-refractivity contribution in [2.75, 3.05) is 20.3 Å². The number of alkyl halides is 1. The van der Waals surface area contributed by atoms with E-state index in [-0.39, 0.29) is 5.97 Å². The van der Waals surface area contributed by atoms with Crippen molar-refractivity contribution < 1.29 is 14.3 Å². The molecule has 0 saturated heterocycles. The highest BCUT2D eigenvalue weighted by atomic mass is 35.5. The highest BCUT2D eigenvalue weighted by Gasteiger charge is 2.41. The van der Waals surface area contributed by atoms with Crippen molar-refractivity contribution in [2.45, 2.75) is 17.8 Å². The first-order valence-corrected chi connectivity index (χ1v) is 6.42. The second-order valence-electron chi connectivity index (χ2n) is 4.41. The molecule has 2 rings (SSSR count). The van der Waals surface area contributed by atoms with Gasteiger partial charge in [0.1, 0.15) is 10.9 Å². The summed E-state index contributed by atoms with van der Waals surface area (Å²) in [5, 5.41) is 3.04.